The van der Waals surface area contributed by atoms with Crippen LogP contribution in [-0.2, 0) is 6.42 Å². The van der Waals surface area contributed by atoms with Crippen LogP contribution in [0.15, 0.2) is 12.1 Å². The summed E-state index contributed by atoms with van der Waals surface area (Å²) >= 11 is 0. The number of rotatable bonds is 6. The van der Waals surface area contributed by atoms with Gasteiger partial charge in [-0.25, -0.2) is 10.8 Å². The van der Waals surface area contributed by atoms with E-state index in [1.54, 1.807) is 6.07 Å². The summed E-state index contributed by atoms with van der Waals surface area (Å²) in [6.45, 7) is 4.96. The summed E-state index contributed by atoms with van der Waals surface area (Å²) in [6, 6.07) is 3.54. The Morgan fingerprint density at radius 1 is 1.52 bits per heavy atom. The van der Waals surface area contributed by atoms with Crippen LogP contribution < -0.4 is 16.6 Å². The summed E-state index contributed by atoms with van der Waals surface area (Å²) in [4.78, 5) is 18.9. The maximum absolute atomic E-state index is 12.3. The lowest BCUT2D eigenvalue weighted by molar-refractivity contribution is 0.0947. The second kappa shape index (κ2) is 7.38. The van der Waals surface area contributed by atoms with E-state index in [9.17, 15) is 4.79 Å². The van der Waals surface area contributed by atoms with E-state index in [2.05, 4.69) is 34.6 Å². The van der Waals surface area contributed by atoms with Crippen LogP contribution in [0.1, 0.15) is 35.8 Å². The van der Waals surface area contributed by atoms with Gasteiger partial charge in [0.25, 0.3) is 5.91 Å². The molecule has 1 aliphatic heterocycles. The number of nitrogens with zero attached hydrogens (tertiary/aromatic N) is 2. The molecule has 1 unspecified atom stereocenters. The van der Waals surface area contributed by atoms with E-state index in [1.807, 2.05) is 6.07 Å². The number of hydrazine groups is 1. The quantitative estimate of drug-likeness (QED) is 0.538. The zero-order valence-electron chi connectivity index (χ0n) is 12.9. The molecule has 6 heteroatoms. The van der Waals surface area contributed by atoms with Gasteiger partial charge in [-0.3, -0.25) is 4.79 Å². The molecule has 0 aromatic carbocycles. The molecule has 1 amide bonds. The number of nitrogen functional groups attached to an aromatic ring is 1. The fourth-order valence-corrected chi connectivity index (χ4v) is 2.71. The molecule has 21 heavy (non-hydrogen) atoms. The largest absolute Gasteiger partial charge is 0.352 e. The Morgan fingerprint density at radius 2 is 2.33 bits per heavy atom. The van der Waals surface area contributed by atoms with Crippen molar-refractivity contribution in [3.8, 4) is 0 Å². The van der Waals surface area contributed by atoms with Crippen molar-refractivity contribution in [3.63, 3.8) is 0 Å². The highest BCUT2D eigenvalue weighted by Gasteiger charge is 2.20. The van der Waals surface area contributed by atoms with Gasteiger partial charge in [-0.05, 0) is 44.5 Å². The Bertz CT molecular complexity index is 491. The lowest BCUT2D eigenvalue weighted by Gasteiger charge is -2.13. The van der Waals surface area contributed by atoms with Crippen LogP contribution >= 0.6 is 0 Å². The molecule has 0 saturated carbocycles. The fraction of sp³-hybridized carbons (Fsp3) is 0.600. The molecule has 1 aliphatic rings. The molecular formula is C15H25N5O. The van der Waals surface area contributed by atoms with E-state index < -0.39 is 0 Å². The van der Waals surface area contributed by atoms with Crippen molar-refractivity contribution in [1.82, 2.24) is 15.2 Å². The second-order valence-corrected chi connectivity index (χ2v) is 5.75. The van der Waals surface area contributed by atoms with Crippen LogP contribution in [0.25, 0.3) is 0 Å². The average molecular weight is 291 g/mol. The number of pyridine rings is 1. The maximum atomic E-state index is 12.3. The second-order valence-electron chi connectivity index (χ2n) is 5.75. The normalized spacial score (nSPS) is 18.7. The van der Waals surface area contributed by atoms with Gasteiger partial charge in [0.05, 0.1) is 0 Å². The molecule has 116 valence electrons. The topological polar surface area (TPSA) is 83.3 Å². The van der Waals surface area contributed by atoms with Crippen molar-refractivity contribution in [1.29, 1.82) is 0 Å². The van der Waals surface area contributed by atoms with Gasteiger partial charge >= 0.3 is 0 Å². The highest BCUT2D eigenvalue weighted by atomic mass is 16.1. The zero-order valence-corrected chi connectivity index (χ0v) is 12.9. The predicted octanol–water partition coefficient (Wildman–Crippen LogP) is 1.00. The molecule has 1 fully saturated rings. The zero-order chi connectivity index (χ0) is 15.2. The molecule has 0 aliphatic carbocycles. The molecule has 0 bridgehead atoms. The molecular weight excluding hydrogens is 266 g/mol. The minimum absolute atomic E-state index is 0.0548. The van der Waals surface area contributed by atoms with Crippen LogP contribution in [0.3, 0.4) is 0 Å². The summed E-state index contributed by atoms with van der Waals surface area (Å²) in [5.74, 6) is 6.45. The Labute approximate surface area is 126 Å². The number of aryl methyl sites for hydroxylation is 1. The highest BCUT2D eigenvalue weighted by Crippen LogP contribution is 2.14. The summed E-state index contributed by atoms with van der Waals surface area (Å²) in [5.41, 5.74) is 4.03. The lowest BCUT2D eigenvalue weighted by Crippen LogP contribution is -2.30. The first-order valence-corrected chi connectivity index (χ1v) is 7.56. The maximum Gasteiger partial charge on any atom is 0.251 e. The number of likely N-dealkylation sites (tertiary alicyclic amines) is 1. The molecule has 1 saturated heterocycles. The number of anilines is 1. The standard InChI is InChI=1S/C15H25N5O/c1-3-4-13-7-12(8-14(18-13)19-16)15(21)17-9-11-5-6-20(2)10-11/h7-8,11H,3-6,9-10,16H2,1-2H3,(H,17,21)(H,18,19). The highest BCUT2D eigenvalue weighted by molar-refractivity contribution is 5.95. The third kappa shape index (κ3) is 4.41. The monoisotopic (exact) mass is 291 g/mol. The molecule has 1 aromatic heterocycles. The van der Waals surface area contributed by atoms with Gasteiger partial charge in [-0.2, -0.15) is 0 Å². The number of carbonyl (C=O) groups excluding carboxylic acids is 1. The van der Waals surface area contributed by atoms with Crippen molar-refractivity contribution in [2.24, 2.45) is 11.8 Å². The molecule has 0 radical (unpaired) electrons. The van der Waals surface area contributed by atoms with Crippen LogP contribution in [0.4, 0.5) is 5.82 Å². The summed E-state index contributed by atoms with van der Waals surface area (Å²) < 4.78 is 0. The number of hydrogen-bond acceptors (Lipinski definition) is 5. The van der Waals surface area contributed by atoms with Gasteiger partial charge in [-0.15, -0.1) is 0 Å². The van der Waals surface area contributed by atoms with Crippen LogP contribution in [0.5, 0.6) is 0 Å². The third-order valence-electron chi connectivity index (χ3n) is 3.83. The van der Waals surface area contributed by atoms with Gasteiger partial charge in [0.1, 0.15) is 5.82 Å². The Hall–Kier alpha value is -1.66. The molecule has 0 spiro atoms. The smallest absolute Gasteiger partial charge is 0.251 e. The third-order valence-corrected chi connectivity index (χ3v) is 3.83. The molecule has 2 heterocycles. The molecule has 2 rings (SSSR count). The van der Waals surface area contributed by atoms with Crippen molar-refractivity contribution >= 4 is 11.7 Å². The van der Waals surface area contributed by atoms with Crippen molar-refractivity contribution in [3.05, 3.63) is 23.4 Å². The first-order valence-electron chi connectivity index (χ1n) is 7.56. The number of nitrogens with one attached hydrogen (secondary N) is 2. The van der Waals surface area contributed by atoms with E-state index in [4.69, 9.17) is 5.84 Å². The van der Waals surface area contributed by atoms with Gasteiger partial charge in [-0.1, -0.05) is 13.3 Å². The summed E-state index contributed by atoms with van der Waals surface area (Å²) in [6.07, 6.45) is 2.96. The first-order chi connectivity index (χ1) is 10.1. The van der Waals surface area contributed by atoms with Crippen molar-refractivity contribution in [2.75, 3.05) is 32.1 Å². The number of nitrogens with two attached hydrogens (primary N) is 1. The lowest BCUT2D eigenvalue weighted by atomic mass is 10.1. The fourth-order valence-electron chi connectivity index (χ4n) is 2.71. The van der Waals surface area contributed by atoms with Crippen LogP contribution in [0, 0.1) is 5.92 Å². The van der Waals surface area contributed by atoms with Gasteiger partial charge in [0.2, 0.25) is 0 Å². The minimum atomic E-state index is -0.0548. The van der Waals surface area contributed by atoms with E-state index in [0.29, 0.717) is 17.3 Å². The van der Waals surface area contributed by atoms with E-state index in [1.165, 1.54) is 0 Å². The predicted molar refractivity (Wildman–Crippen MR) is 84.0 cm³/mol. The van der Waals surface area contributed by atoms with Crippen LogP contribution in [-0.4, -0.2) is 42.5 Å². The average Bonchev–Trinajstić information content (AvgIpc) is 2.90. The van der Waals surface area contributed by atoms with Gasteiger partial charge in [0, 0.05) is 24.3 Å². The van der Waals surface area contributed by atoms with Gasteiger partial charge in [0.15, 0.2) is 0 Å². The van der Waals surface area contributed by atoms with E-state index in [-0.39, 0.29) is 5.91 Å². The van der Waals surface area contributed by atoms with E-state index >= 15 is 0 Å². The van der Waals surface area contributed by atoms with Crippen molar-refractivity contribution < 1.29 is 4.79 Å². The first kappa shape index (κ1) is 15.7. The molecule has 4 N–H and O–H groups in total. The molecule has 6 nitrogen and oxygen atoms in total. The van der Waals surface area contributed by atoms with Gasteiger partial charge < -0.3 is 15.6 Å². The SMILES string of the molecule is CCCc1cc(C(=O)NCC2CCN(C)C2)cc(NN)n1. The Kier molecular flexibility index (Phi) is 5.52. The molecule has 1 atom stereocenters. The molecule has 1 aromatic rings. The number of hydrogen-bond donors (Lipinski definition) is 3. The summed E-state index contributed by atoms with van der Waals surface area (Å²) in [7, 11) is 2.11. The van der Waals surface area contributed by atoms with Crippen LogP contribution in [0.2, 0.25) is 0 Å². The Balaban J connectivity index is 1.98. The minimum Gasteiger partial charge on any atom is -0.352 e. The summed E-state index contributed by atoms with van der Waals surface area (Å²) in [5, 5.41) is 3.02. The van der Waals surface area contributed by atoms with Crippen molar-refractivity contribution in [2.45, 2.75) is 26.2 Å². The number of amides is 1. The Morgan fingerprint density at radius 3 is 2.95 bits per heavy atom. The van der Waals surface area contributed by atoms with E-state index in [0.717, 1.165) is 44.6 Å². The number of aromatic nitrogens is 1. The number of carbonyl (C=O) groups is 1.